The summed E-state index contributed by atoms with van der Waals surface area (Å²) in [6.07, 6.45) is 7.00. The minimum absolute atomic E-state index is 0.0407. The van der Waals surface area contributed by atoms with Gasteiger partial charge in [0.2, 0.25) is 0 Å². The zero-order valence-corrected chi connectivity index (χ0v) is 10.1. The first-order valence-electron chi connectivity index (χ1n) is 5.80. The second-order valence-corrected chi connectivity index (χ2v) is 3.78. The summed E-state index contributed by atoms with van der Waals surface area (Å²) in [5.41, 5.74) is 1.12. The third-order valence-corrected chi connectivity index (χ3v) is 2.44. The van der Waals surface area contributed by atoms with Gasteiger partial charge in [-0.2, -0.15) is 0 Å². The highest BCUT2D eigenvalue weighted by Gasteiger charge is 2.12. The van der Waals surface area contributed by atoms with Crippen molar-refractivity contribution in [2.45, 2.75) is 25.8 Å². The normalized spacial score (nSPS) is 11.3. The van der Waals surface area contributed by atoms with Crippen molar-refractivity contribution in [1.82, 2.24) is 10.6 Å². The minimum Gasteiger partial charge on any atom is -0.331 e. The molecular weight excluding hydrogens is 212 g/mol. The maximum absolute atomic E-state index is 11.5. The second-order valence-electron chi connectivity index (χ2n) is 3.78. The lowest BCUT2D eigenvalue weighted by Gasteiger charge is -2.18. The summed E-state index contributed by atoms with van der Waals surface area (Å²) in [5.74, 6) is 2.37. The topological polar surface area (TPSA) is 41.1 Å². The van der Waals surface area contributed by atoms with Gasteiger partial charge in [-0.15, -0.1) is 6.42 Å². The van der Waals surface area contributed by atoms with Crippen LogP contribution in [0.4, 0.5) is 4.79 Å². The van der Waals surface area contributed by atoms with Crippen LogP contribution in [-0.2, 0) is 0 Å². The van der Waals surface area contributed by atoms with E-state index in [4.69, 9.17) is 6.42 Å². The van der Waals surface area contributed by atoms with Crippen molar-refractivity contribution in [3.8, 4) is 12.3 Å². The molecule has 0 aromatic heterocycles. The highest BCUT2D eigenvalue weighted by atomic mass is 16.2. The van der Waals surface area contributed by atoms with Crippen molar-refractivity contribution in [2.24, 2.45) is 0 Å². The lowest BCUT2D eigenvalue weighted by atomic mass is 10.0. The smallest absolute Gasteiger partial charge is 0.316 e. The molecule has 0 aliphatic rings. The Morgan fingerprint density at radius 2 is 2.12 bits per heavy atom. The predicted octanol–water partition coefficient (Wildman–Crippen LogP) is 2.46. The molecule has 17 heavy (non-hydrogen) atoms. The molecule has 1 rings (SSSR count). The molecule has 2 amide bonds. The Labute approximate surface area is 103 Å². The van der Waals surface area contributed by atoms with Crippen molar-refractivity contribution in [3.05, 3.63) is 35.9 Å². The quantitative estimate of drug-likeness (QED) is 0.750. The predicted molar refractivity (Wildman–Crippen MR) is 69.5 cm³/mol. The van der Waals surface area contributed by atoms with E-state index in [-0.39, 0.29) is 18.6 Å². The Hall–Kier alpha value is -1.95. The van der Waals surface area contributed by atoms with Gasteiger partial charge in [0.25, 0.3) is 0 Å². The summed E-state index contributed by atoms with van der Waals surface area (Å²) in [6, 6.07) is 9.76. The monoisotopic (exact) mass is 230 g/mol. The van der Waals surface area contributed by atoms with Crippen molar-refractivity contribution < 1.29 is 4.79 Å². The number of urea groups is 1. The molecule has 0 spiro atoms. The summed E-state index contributed by atoms with van der Waals surface area (Å²) in [6.45, 7) is 2.34. The van der Waals surface area contributed by atoms with Crippen LogP contribution in [0.5, 0.6) is 0 Å². The molecular formula is C14H18N2O. The molecule has 0 heterocycles. The summed E-state index contributed by atoms with van der Waals surface area (Å²) in [5, 5.41) is 5.53. The van der Waals surface area contributed by atoms with E-state index < -0.39 is 0 Å². The maximum Gasteiger partial charge on any atom is 0.316 e. The molecule has 0 saturated heterocycles. The van der Waals surface area contributed by atoms with Crippen LogP contribution >= 0.6 is 0 Å². The van der Waals surface area contributed by atoms with E-state index in [0.717, 1.165) is 18.4 Å². The molecule has 0 bridgehead atoms. The van der Waals surface area contributed by atoms with Crippen LogP contribution in [0.2, 0.25) is 0 Å². The van der Waals surface area contributed by atoms with E-state index >= 15 is 0 Å². The fourth-order valence-electron chi connectivity index (χ4n) is 1.64. The molecule has 0 radical (unpaired) electrons. The summed E-state index contributed by atoms with van der Waals surface area (Å²) >= 11 is 0. The molecule has 1 unspecified atom stereocenters. The van der Waals surface area contributed by atoms with Crippen LogP contribution in [0.3, 0.4) is 0 Å². The van der Waals surface area contributed by atoms with Crippen LogP contribution in [0.15, 0.2) is 30.3 Å². The minimum atomic E-state index is -0.217. The van der Waals surface area contributed by atoms with Crippen molar-refractivity contribution in [1.29, 1.82) is 0 Å². The highest BCUT2D eigenvalue weighted by Crippen LogP contribution is 2.17. The number of hydrogen-bond acceptors (Lipinski definition) is 1. The van der Waals surface area contributed by atoms with E-state index in [1.807, 2.05) is 30.3 Å². The molecule has 0 aliphatic heterocycles. The van der Waals surface area contributed by atoms with E-state index in [9.17, 15) is 4.79 Å². The molecule has 1 aromatic carbocycles. The van der Waals surface area contributed by atoms with Gasteiger partial charge in [0.1, 0.15) is 0 Å². The Bertz CT molecular complexity index is 381. The fourth-order valence-corrected chi connectivity index (χ4v) is 1.64. The molecule has 0 fully saturated rings. The van der Waals surface area contributed by atoms with Crippen molar-refractivity contribution >= 4 is 6.03 Å². The molecule has 2 N–H and O–H groups in total. The highest BCUT2D eigenvalue weighted by molar-refractivity contribution is 5.74. The molecule has 3 heteroatoms. The number of carbonyl (C=O) groups is 1. The Kier molecular flexibility index (Phi) is 5.67. The number of carbonyl (C=O) groups excluding carboxylic acids is 1. The number of hydrogen-bond donors (Lipinski definition) is 2. The molecule has 0 aliphatic carbocycles. The van der Waals surface area contributed by atoms with Crippen LogP contribution in [0.25, 0.3) is 0 Å². The van der Waals surface area contributed by atoms with Crippen molar-refractivity contribution in [2.75, 3.05) is 6.54 Å². The average molecular weight is 230 g/mol. The van der Waals surface area contributed by atoms with Gasteiger partial charge in [0.05, 0.1) is 12.6 Å². The summed E-state index contributed by atoms with van der Waals surface area (Å²) < 4.78 is 0. The second kappa shape index (κ2) is 7.34. The van der Waals surface area contributed by atoms with E-state index in [0.29, 0.717) is 0 Å². The van der Waals surface area contributed by atoms with Crippen LogP contribution in [-0.4, -0.2) is 12.6 Å². The first-order valence-corrected chi connectivity index (χ1v) is 5.80. The lowest BCUT2D eigenvalue weighted by molar-refractivity contribution is 0.237. The van der Waals surface area contributed by atoms with Crippen LogP contribution < -0.4 is 10.6 Å². The Morgan fingerprint density at radius 3 is 2.71 bits per heavy atom. The summed E-state index contributed by atoms with van der Waals surface area (Å²) in [7, 11) is 0. The third-order valence-electron chi connectivity index (χ3n) is 2.44. The van der Waals surface area contributed by atoms with Gasteiger partial charge < -0.3 is 10.6 Å². The number of nitrogens with one attached hydrogen (secondary N) is 2. The number of benzene rings is 1. The molecule has 1 aromatic rings. The maximum atomic E-state index is 11.5. The van der Waals surface area contributed by atoms with Crippen LogP contribution in [0.1, 0.15) is 31.4 Å². The van der Waals surface area contributed by atoms with Crippen LogP contribution in [0, 0.1) is 12.3 Å². The van der Waals surface area contributed by atoms with Gasteiger partial charge in [0, 0.05) is 0 Å². The van der Waals surface area contributed by atoms with E-state index in [1.165, 1.54) is 0 Å². The number of rotatable bonds is 5. The first kappa shape index (κ1) is 13.1. The van der Waals surface area contributed by atoms with E-state index in [2.05, 4.69) is 23.5 Å². The Morgan fingerprint density at radius 1 is 1.41 bits per heavy atom. The van der Waals surface area contributed by atoms with Gasteiger partial charge >= 0.3 is 6.03 Å². The number of terminal acetylenes is 1. The van der Waals surface area contributed by atoms with Crippen molar-refractivity contribution in [3.63, 3.8) is 0 Å². The van der Waals surface area contributed by atoms with Gasteiger partial charge in [-0.25, -0.2) is 4.79 Å². The van der Waals surface area contributed by atoms with Gasteiger partial charge in [-0.3, -0.25) is 0 Å². The fraction of sp³-hybridized carbons (Fsp3) is 0.357. The first-order chi connectivity index (χ1) is 8.27. The largest absolute Gasteiger partial charge is 0.331 e. The zero-order chi connectivity index (χ0) is 12.5. The molecule has 1 atom stereocenters. The zero-order valence-electron chi connectivity index (χ0n) is 10.1. The van der Waals surface area contributed by atoms with Gasteiger partial charge in [-0.05, 0) is 12.0 Å². The van der Waals surface area contributed by atoms with Gasteiger partial charge in [-0.1, -0.05) is 49.6 Å². The average Bonchev–Trinajstić information content (AvgIpc) is 2.37. The SMILES string of the molecule is C#CCNC(=O)NC(CCC)c1ccccc1. The Balaban J connectivity index is 2.61. The lowest BCUT2D eigenvalue weighted by Crippen LogP contribution is -2.38. The van der Waals surface area contributed by atoms with Gasteiger partial charge in [0.15, 0.2) is 0 Å². The molecule has 0 saturated carbocycles. The third kappa shape index (κ3) is 4.60. The standard InChI is InChI=1S/C14H18N2O/c1-3-8-13(12-9-6-5-7-10-12)16-14(17)15-11-4-2/h2,5-7,9-10,13H,3,8,11H2,1H3,(H2,15,16,17). The van der Waals surface area contributed by atoms with E-state index in [1.54, 1.807) is 0 Å². The number of amides is 2. The molecule has 3 nitrogen and oxygen atoms in total. The summed E-state index contributed by atoms with van der Waals surface area (Å²) in [4.78, 5) is 11.5. The molecule has 90 valence electrons.